The number of hydrogen-bond donors (Lipinski definition) is 2. The number of aliphatic imine (C=N–C) groups is 1. The predicted molar refractivity (Wildman–Crippen MR) is 95.1 cm³/mol. The van der Waals surface area contributed by atoms with E-state index in [0.29, 0.717) is 18.8 Å². The molecule has 0 radical (unpaired) electrons. The molecular formula is C19H18F3N3O2. The molecule has 0 aliphatic carbocycles. The standard InChI is InChI=1S/C19H18F3N3O2/c20-13-3-1-4-14(10-13)24-19(23-11-15-5-2-8-27-15)25-18(26)12-6-7-16(21)17(22)9-12/h1,3-4,6-7,9-10,15H,2,5,8,11H2,(H2,23,24,25,26)/t15-/m1/s1. The topological polar surface area (TPSA) is 62.7 Å². The third-order valence-electron chi connectivity index (χ3n) is 3.98. The molecule has 1 atom stereocenters. The van der Waals surface area contributed by atoms with E-state index in [0.717, 1.165) is 31.0 Å². The van der Waals surface area contributed by atoms with Crippen molar-refractivity contribution in [1.82, 2.24) is 5.32 Å². The van der Waals surface area contributed by atoms with Crippen LogP contribution in [0, 0.1) is 17.5 Å². The van der Waals surface area contributed by atoms with Crippen LogP contribution in [-0.4, -0.2) is 31.1 Å². The Bertz CT molecular complexity index is 852. The minimum Gasteiger partial charge on any atom is -0.376 e. The van der Waals surface area contributed by atoms with Crippen LogP contribution >= 0.6 is 0 Å². The lowest BCUT2D eigenvalue weighted by Crippen LogP contribution is -2.36. The SMILES string of the molecule is O=C(NC(=NC[C@H]1CCCO1)Nc1cccc(F)c1)c1ccc(F)c(F)c1. The maximum atomic E-state index is 13.4. The molecule has 0 spiro atoms. The number of ether oxygens (including phenoxy) is 1. The molecule has 0 bridgehead atoms. The van der Waals surface area contributed by atoms with E-state index in [1.807, 2.05) is 0 Å². The van der Waals surface area contributed by atoms with Crippen molar-refractivity contribution in [1.29, 1.82) is 0 Å². The molecule has 142 valence electrons. The first kappa shape index (κ1) is 18.9. The first-order chi connectivity index (χ1) is 13.0. The Balaban J connectivity index is 1.76. The molecule has 2 N–H and O–H groups in total. The number of guanidine groups is 1. The van der Waals surface area contributed by atoms with Crippen LogP contribution in [0.4, 0.5) is 18.9 Å². The molecule has 3 rings (SSSR count). The Labute approximate surface area is 154 Å². The van der Waals surface area contributed by atoms with Crippen LogP contribution in [0.2, 0.25) is 0 Å². The maximum Gasteiger partial charge on any atom is 0.258 e. The molecule has 1 aliphatic rings. The first-order valence-corrected chi connectivity index (χ1v) is 8.46. The fourth-order valence-corrected chi connectivity index (χ4v) is 2.61. The molecule has 8 heteroatoms. The van der Waals surface area contributed by atoms with Gasteiger partial charge in [-0.15, -0.1) is 0 Å². The number of amides is 1. The van der Waals surface area contributed by atoms with Crippen LogP contribution < -0.4 is 10.6 Å². The summed E-state index contributed by atoms with van der Waals surface area (Å²) in [7, 11) is 0. The lowest BCUT2D eigenvalue weighted by atomic mass is 10.2. The van der Waals surface area contributed by atoms with Crippen LogP contribution in [0.5, 0.6) is 0 Å². The fraction of sp³-hybridized carbons (Fsp3) is 0.263. The van der Waals surface area contributed by atoms with Gasteiger partial charge < -0.3 is 10.1 Å². The quantitative estimate of drug-likeness (QED) is 0.633. The van der Waals surface area contributed by atoms with Crippen LogP contribution in [0.3, 0.4) is 0 Å². The van der Waals surface area contributed by atoms with Gasteiger partial charge in [0.2, 0.25) is 5.96 Å². The van der Waals surface area contributed by atoms with E-state index in [4.69, 9.17) is 4.74 Å². The lowest BCUT2D eigenvalue weighted by Gasteiger charge is -2.13. The Hall–Kier alpha value is -2.87. The summed E-state index contributed by atoms with van der Waals surface area (Å²) < 4.78 is 45.3. The van der Waals surface area contributed by atoms with Gasteiger partial charge in [0.15, 0.2) is 11.6 Å². The molecule has 0 saturated carbocycles. The van der Waals surface area contributed by atoms with Gasteiger partial charge in [-0.2, -0.15) is 0 Å². The highest BCUT2D eigenvalue weighted by Crippen LogP contribution is 2.13. The number of nitrogens with zero attached hydrogens (tertiary/aromatic N) is 1. The van der Waals surface area contributed by atoms with Crippen LogP contribution in [0.25, 0.3) is 0 Å². The van der Waals surface area contributed by atoms with Crippen LogP contribution in [0.1, 0.15) is 23.2 Å². The molecule has 2 aromatic carbocycles. The minimum atomic E-state index is -1.13. The summed E-state index contributed by atoms with van der Waals surface area (Å²) in [6, 6.07) is 8.46. The number of nitrogens with one attached hydrogen (secondary N) is 2. The van der Waals surface area contributed by atoms with E-state index < -0.39 is 23.4 Å². The van der Waals surface area contributed by atoms with Gasteiger partial charge >= 0.3 is 0 Å². The van der Waals surface area contributed by atoms with E-state index in [1.165, 1.54) is 18.2 Å². The average molecular weight is 377 g/mol. The molecule has 27 heavy (non-hydrogen) atoms. The smallest absolute Gasteiger partial charge is 0.258 e. The second-order valence-corrected chi connectivity index (χ2v) is 6.04. The van der Waals surface area contributed by atoms with E-state index >= 15 is 0 Å². The third-order valence-corrected chi connectivity index (χ3v) is 3.98. The third kappa shape index (κ3) is 5.30. The Morgan fingerprint density at radius 3 is 2.70 bits per heavy atom. The molecule has 5 nitrogen and oxygen atoms in total. The molecular weight excluding hydrogens is 359 g/mol. The van der Waals surface area contributed by atoms with E-state index in [2.05, 4.69) is 15.6 Å². The van der Waals surface area contributed by atoms with Crippen molar-refractivity contribution in [3.8, 4) is 0 Å². The van der Waals surface area contributed by atoms with E-state index in [9.17, 15) is 18.0 Å². The zero-order valence-corrected chi connectivity index (χ0v) is 14.3. The number of rotatable bonds is 4. The zero-order valence-electron chi connectivity index (χ0n) is 14.3. The van der Waals surface area contributed by atoms with Crippen molar-refractivity contribution in [2.75, 3.05) is 18.5 Å². The van der Waals surface area contributed by atoms with Gasteiger partial charge in [0.1, 0.15) is 5.82 Å². The number of carbonyl (C=O) groups excluding carboxylic acids is 1. The molecule has 1 amide bonds. The normalized spacial score (nSPS) is 17.0. The second-order valence-electron chi connectivity index (χ2n) is 6.04. The van der Waals surface area contributed by atoms with Crippen LogP contribution in [0.15, 0.2) is 47.5 Å². The largest absolute Gasteiger partial charge is 0.376 e. The molecule has 0 unspecified atom stereocenters. The molecule has 0 aromatic heterocycles. The van der Waals surface area contributed by atoms with Crippen molar-refractivity contribution in [3.63, 3.8) is 0 Å². The molecule has 1 heterocycles. The van der Waals surface area contributed by atoms with Crippen molar-refractivity contribution in [3.05, 3.63) is 65.5 Å². The number of benzene rings is 2. The van der Waals surface area contributed by atoms with Crippen molar-refractivity contribution in [2.45, 2.75) is 18.9 Å². The summed E-state index contributed by atoms with van der Waals surface area (Å²) in [4.78, 5) is 16.6. The number of hydrogen-bond acceptors (Lipinski definition) is 3. The summed E-state index contributed by atoms with van der Waals surface area (Å²) >= 11 is 0. The Morgan fingerprint density at radius 1 is 1.15 bits per heavy atom. The molecule has 1 fully saturated rings. The summed E-state index contributed by atoms with van der Waals surface area (Å²) in [6.45, 7) is 0.962. The zero-order chi connectivity index (χ0) is 19.2. The summed E-state index contributed by atoms with van der Waals surface area (Å²) in [6.07, 6.45) is 1.73. The van der Waals surface area contributed by atoms with Gasteiger partial charge in [-0.25, -0.2) is 18.2 Å². The van der Waals surface area contributed by atoms with Crippen molar-refractivity contribution < 1.29 is 22.7 Å². The summed E-state index contributed by atoms with van der Waals surface area (Å²) in [5, 5.41) is 5.33. The summed E-state index contributed by atoms with van der Waals surface area (Å²) in [5.41, 5.74) is 0.312. The van der Waals surface area contributed by atoms with Gasteiger partial charge in [0.25, 0.3) is 5.91 Å². The summed E-state index contributed by atoms with van der Waals surface area (Å²) in [5.74, 6) is -3.24. The highest BCUT2D eigenvalue weighted by atomic mass is 19.2. The highest BCUT2D eigenvalue weighted by Gasteiger charge is 2.17. The number of halogens is 3. The predicted octanol–water partition coefficient (Wildman–Crippen LogP) is 3.48. The van der Waals surface area contributed by atoms with E-state index in [-0.39, 0.29) is 17.6 Å². The fourth-order valence-electron chi connectivity index (χ4n) is 2.61. The van der Waals surface area contributed by atoms with Crippen LogP contribution in [-0.2, 0) is 4.74 Å². The van der Waals surface area contributed by atoms with Gasteiger partial charge in [-0.1, -0.05) is 6.07 Å². The number of anilines is 1. The Kier molecular flexibility index (Phi) is 6.08. The van der Waals surface area contributed by atoms with E-state index in [1.54, 1.807) is 6.07 Å². The highest BCUT2D eigenvalue weighted by molar-refractivity contribution is 6.09. The molecule has 2 aromatic rings. The minimum absolute atomic E-state index is 0.0607. The lowest BCUT2D eigenvalue weighted by molar-refractivity contribution is 0.0975. The monoisotopic (exact) mass is 377 g/mol. The Morgan fingerprint density at radius 2 is 2.00 bits per heavy atom. The number of carbonyl (C=O) groups is 1. The van der Waals surface area contributed by atoms with Gasteiger partial charge in [-0.3, -0.25) is 10.1 Å². The first-order valence-electron chi connectivity index (χ1n) is 8.46. The van der Waals surface area contributed by atoms with Gasteiger partial charge in [-0.05, 0) is 49.2 Å². The van der Waals surface area contributed by atoms with Crippen molar-refractivity contribution >= 4 is 17.6 Å². The maximum absolute atomic E-state index is 13.4. The van der Waals surface area contributed by atoms with Gasteiger partial charge in [0, 0.05) is 17.9 Å². The molecule has 1 aliphatic heterocycles. The van der Waals surface area contributed by atoms with Crippen molar-refractivity contribution in [2.24, 2.45) is 4.99 Å². The van der Waals surface area contributed by atoms with Gasteiger partial charge in [0.05, 0.1) is 12.6 Å². The average Bonchev–Trinajstić information content (AvgIpc) is 3.15. The second kappa shape index (κ2) is 8.68. The molecule has 1 saturated heterocycles.